The highest BCUT2D eigenvalue weighted by Crippen LogP contribution is 2.40. The largest absolute Gasteiger partial charge is 0.496 e. The van der Waals surface area contributed by atoms with E-state index < -0.39 is 33.5 Å². The van der Waals surface area contributed by atoms with Crippen LogP contribution in [0.5, 0.6) is 11.5 Å². The molecule has 12 heteroatoms. The van der Waals surface area contributed by atoms with Gasteiger partial charge < -0.3 is 20.1 Å². The SMILES string of the molecule is COc1cc(C(F)(F)C(NS(=O)(=O)c2ccc(OCC3CCCCC3)cc2)C(=O)N2CCC(N)CC2)ccc1-c1ccc(Cl)cc1. The minimum Gasteiger partial charge on any atom is -0.496 e. The minimum absolute atomic E-state index is 0.126. The van der Waals surface area contributed by atoms with Crippen LogP contribution in [0, 0.1) is 5.92 Å². The lowest BCUT2D eigenvalue weighted by Gasteiger charge is -2.35. The van der Waals surface area contributed by atoms with E-state index in [-0.39, 0.29) is 29.8 Å². The van der Waals surface area contributed by atoms with Crippen molar-refractivity contribution in [2.75, 3.05) is 26.8 Å². The number of rotatable bonds is 11. The lowest BCUT2D eigenvalue weighted by Crippen LogP contribution is -2.58. The smallest absolute Gasteiger partial charge is 0.298 e. The molecule has 0 spiro atoms. The molecule has 1 aliphatic carbocycles. The number of hydrogen-bond acceptors (Lipinski definition) is 6. The summed E-state index contributed by atoms with van der Waals surface area (Å²) in [5.74, 6) is -3.93. The first-order valence-electron chi connectivity index (χ1n) is 15.6. The molecular formula is C34H40ClF2N3O5S. The quantitative estimate of drug-likeness (QED) is 0.245. The van der Waals surface area contributed by atoms with Gasteiger partial charge in [0.05, 0.1) is 18.6 Å². The Labute approximate surface area is 274 Å². The van der Waals surface area contributed by atoms with Crippen LogP contribution in [0.25, 0.3) is 11.1 Å². The summed E-state index contributed by atoms with van der Waals surface area (Å²) in [5, 5.41) is 0.514. The molecule has 0 radical (unpaired) electrons. The molecule has 1 saturated heterocycles. The van der Waals surface area contributed by atoms with Gasteiger partial charge in [0.1, 0.15) is 11.5 Å². The summed E-state index contributed by atoms with van der Waals surface area (Å²) in [6, 6.07) is 13.5. The fraction of sp³-hybridized carbons (Fsp3) is 0.441. The van der Waals surface area contributed by atoms with E-state index in [0.717, 1.165) is 18.9 Å². The van der Waals surface area contributed by atoms with Gasteiger partial charge in [-0.2, -0.15) is 13.5 Å². The molecule has 1 heterocycles. The lowest BCUT2D eigenvalue weighted by atomic mass is 9.90. The number of carbonyl (C=O) groups is 1. The number of piperidine rings is 1. The average Bonchev–Trinajstić information content (AvgIpc) is 3.07. The zero-order valence-corrected chi connectivity index (χ0v) is 27.3. The molecule has 2 aliphatic rings. The molecule has 46 heavy (non-hydrogen) atoms. The van der Waals surface area contributed by atoms with E-state index in [9.17, 15) is 13.2 Å². The van der Waals surface area contributed by atoms with Crippen LogP contribution in [-0.2, 0) is 20.7 Å². The molecule has 1 unspecified atom stereocenters. The fourth-order valence-electron chi connectivity index (χ4n) is 6.02. The number of nitrogens with zero attached hydrogens (tertiary/aromatic N) is 1. The molecule has 1 atom stereocenters. The molecular weight excluding hydrogens is 636 g/mol. The average molecular weight is 676 g/mol. The number of sulfonamides is 1. The van der Waals surface area contributed by atoms with Gasteiger partial charge in [0.25, 0.3) is 5.92 Å². The number of nitrogens with two attached hydrogens (primary N) is 1. The number of nitrogens with one attached hydrogen (secondary N) is 1. The molecule has 1 aliphatic heterocycles. The third kappa shape index (κ3) is 7.99. The zero-order valence-electron chi connectivity index (χ0n) is 25.8. The standard InChI is InChI=1S/C34H40ClF2N3O5S/c1-44-31-21-25(9-16-30(31)24-7-10-26(35)11-8-24)34(36,37)32(33(41)40-19-17-27(38)18-20-40)39-46(42,43)29-14-12-28(13-15-29)45-22-23-5-3-2-4-6-23/h7-16,21,23,27,32,39H,2-6,17-20,22,38H2,1H3. The minimum atomic E-state index is -4.57. The number of likely N-dealkylation sites (tertiary alicyclic amines) is 1. The monoisotopic (exact) mass is 675 g/mol. The molecule has 3 aromatic rings. The summed E-state index contributed by atoms with van der Waals surface area (Å²) in [4.78, 5) is 14.7. The van der Waals surface area contributed by atoms with Crippen molar-refractivity contribution < 1.29 is 31.5 Å². The Morgan fingerprint density at radius 2 is 1.65 bits per heavy atom. The number of alkyl halides is 2. The second-order valence-corrected chi connectivity index (χ2v) is 14.2. The van der Waals surface area contributed by atoms with Crippen LogP contribution in [0.1, 0.15) is 50.5 Å². The number of benzene rings is 3. The molecule has 1 amide bonds. The van der Waals surface area contributed by atoms with Gasteiger partial charge in [-0.25, -0.2) is 8.42 Å². The Morgan fingerprint density at radius 1 is 1.00 bits per heavy atom. The molecule has 0 aromatic heterocycles. The zero-order chi connectivity index (χ0) is 32.9. The van der Waals surface area contributed by atoms with Gasteiger partial charge in [0, 0.05) is 35.3 Å². The highest BCUT2D eigenvalue weighted by molar-refractivity contribution is 7.89. The maximum Gasteiger partial charge on any atom is 0.298 e. The Hall–Kier alpha value is -3.25. The van der Waals surface area contributed by atoms with Crippen molar-refractivity contribution in [2.24, 2.45) is 11.7 Å². The molecule has 8 nitrogen and oxygen atoms in total. The predicted octanol–water partition coefficient (Wildman–Crippen LogP) is 6.36. The number of methoxy groups -OCH3 is 1. The molecule has 5 rings (SSSR count). The van der Waals surface area contributed by atoms with E-state index >= 15 is 8.78 Å². The Bertz CT molecular complexity index is 1590. The normalized spacial score (nSPS) is 17.5. The Kier molecular flexibility index (Phi) is 10.9. The number of carbonyl (C=O) groups excluding carboxylic acids is 1. The molecule has 0 bridgehead atoms. The predicted molar refractivity (Wildman–Crippen MR) is 174 cm³/mol. The van der Waals surface area contributed by atoms with Crippen molar-refractivity contribution >= 4 is 27.5 Å². The van der Waals surface area contributed by atoms with Gasteiger partial charge in [0.2, 0.25) is 15.9 Å². The van der Waals surface area contributed by atoms with Crippen molar-refractivity contribution in [3.63, 3.8) is 0 Å². The number of ether oxygens (including phenoxy) is 2. The highest BCUT2D eigenvalue weighted by atomic mass is 35.5. The maximum atomic E-state index is 16.5. The fourth-order valence-corrected chi connectivity index (χ4v) is 7.34. The molecule has 2 fully saturated rings. The van der Waals surface area contributed by atoms with E-state index in [2.05, 4.69) is 4.72 Å². The van der Waals surface area contributed by atoms with Crippen molar-refractivity contribution in [3.05, 3.63) is 77.3 Å². The van der Waals surface area contributed by atoms with Crippen LogP contribution in [0.3, 0.4) is 0 Å². The van der Waals surface area contributed by atoms with Gasteiger partial charge in [-0.05, 0) is 79.6 Å². The third-order valence-electron chi connectivity index (χ3n) is 8.82. The first-order chi connectivity index (χ1) is 22.0. The van der Waals surface area contributed by atoms with Crippen molar-refractivity contribution in [3.8, 4) is 22.6 Å². The Morgan fingerprint density at radius 3 is 2.28 bits per heavy atom. The number of halogens is 3. The first-order valence-corrected chi connectivity index (χ1v) is 17.5. The van der Waals surface area contributed by atoms with Crippen LogP contribution in [0.2, 0.25) is 5.02 Å². The topological polar surface area (TPSA) is 111 Å². The first kappa shape index (κ1) is 34.1. The summed E-state index contributed by atoms with van der Waals surface area (Å²) in [6.45, 7) is 0.813. The summed E-state index contributed by atoms with van der Waals surface area (Å²) < 4.78 is 73.5. The van der Waals surface area contributed by atoms with Crippen molar-refractivity contribution in [1.29, 1.82) is 0 Å². The highest BCUT2D eigenvalue weighted by Gasteiger charge is 2.50. The summed E-state index contributed by atoms with van der Waals surface area (Å²) in [7, 11) is -3.22. The lowest BCUT2D eigenvalue weighted by molar-refractivity contribution is -0.145. The van der Waals surface area contributed by atoms with Crippen molar-refractivity contribution in [1.82, 2.24) is 9.62 Å². The van der Waals surface area contributed by atoms with E-state index in [1.165, 1.54) is 67.7 Å². The summed E-state index contributed by atoms with van der Waals surface area (Å²) in [6.07, 6.45) is 6.60. The second-order valence-electron chi connectivity index (χ2n) is 12.0. The van der Waals surface area contributed by atoms with E-state index in [0.29, 0.717) is 47.3 Å². The van der Waals surface area contributed by atoms with Gasteiger partial charge in [0.15, 0.2) is 6.04 Å². The van der Waals surface area contributed by atoms with Crippen molar-refractivity contribution in [2.45, 2.75) is 67.8 Å². The van der Waals surface area contributed by atoms with E-state index in [4.69, 9.17) is 26.8 Å². The summed E-state index contributed by atoms with van der Waals surface area (Å²) >= 11 is 6.01. The van der Waals surface area contributed by atoms with Crippen LogP contribution in [-0.4, -0.2) is 58.1 Å². The van der Waals surface area contributed by atoms with Crippen LogP contribution < -0.4 is 19.9 Å². The third-order valence-corrected chi connectivity index (χ3v) is 10.5. The van der Waals surface area contributed by atoms with Gasteiger partial charge in [-0.1, -0.05) is 55.1 Å². The van der Waals surface area contributed by atoms with Gasteiger partial charge >= 0.3 is 0 Å². The van der Waals surface area contributed by atoms with Crippen LogP contribution >= 0.6 is 11.6 Å². The van der Waals surface area contributed by atoms with E-state index in [1.807, 2.05) is 0 Å². The number of amides is 1. The van der Waals surface area contributed by atoms with E-state index in [1.54, 1.807) is 24.3 Å². The molecule has 248 valence electrons. The number of hydrogen-bond donors (Lipinski definition) is 2. The maximum absolute atomic E-state index is 16.5. The second kappa shape index (κ2) is 14.7. The van der Waals surface area contributed by atoms with Crippen LogP contribution in [0.15, 0.2) is 71.6 Å². The Balaban J connectivity index is 1.42. The summed E-state index contributed by atoms with van der Waals surface area (Å²) in [5.41, 5.74) is 6.60. The molecule has 1 saturated carbocycles. The van der Waals surface area contributed by atoms with Crippen LogP contribution in [0.4, 0.5) is 8.78 Å². The molecule has 3 aromatic carbocycles. The molecule has 3 N–H and O–H groups in total. The van der Waals surface area contributed by atoms with Gasteiger partial charge in [-0.15, -0.1) is 0 Å². The van der Waals surface area contributed by atoms with Gasteiger partial charge in [-0.3, -0.25) is 4.79 Å².